The fourth-order valence-electron chi connectivity index (χ4n) is 2.36. The summed E-state index contributed by atoms with van der Waals surface area (Å²) >= 11 is 1.68. The van der Waals surface area contributed by atoms with Crippen LogP contribution in [0.4, 0.5) is 0 Å². The Bertz CT molecular complexity index is 746. The molecule has 1 aromatic heterocycles. The van der Waals surface area contributed by atoms with Crippen molar-refractivity contribution >= 4 is 27.5 Å². The van der Waals surface area contributed by atoms with Gasteiger partial charge in [-0.2, -0.15) is 0 Å². The molecule has 0 fully saturated rings. The van der Waals surface area contributed by atoms with Gasteiger partial charge in [-0.3, -0.25) is 4.79 Å². The van der Waals surface area contributed by atoms with Crippen molar-refractivity contribution < 1.29 is 9.90 Å². The van der Waals surface area contributed by atoms with Crippen LogP contribution in [0.3, 0.4) is 0 Å². The average molecular weight is 297 g/mol. The van der Waals surface area contributed by atoms with E-state index >= 15 is 0 Å². The third kappa shape index (κ3) is 3.11. The van der Waals surface area contributed by atoms with Crippen molar-refractivity contribution in [2.24, 2.45) is 0 Å². The lowest BCUT2D eigenvalue weighted by molar-refractivity contribution is -0.137. The van der Waals surface area contributed by atoms with Gasteiger partial charge in [0.2, 0.25) is 0 Å². The van der Waals surface area contributed by atoms with Crippen molar-refractivity contribution in [3.05, 3.63) is 54.1 Å². The van der Waals surface area contributed by atoms with Crippen LogP contribution in [0.25, 0.3) is 20.8 Å². The van der Waals surface area contributed by atoms with Gasteiger partial charge in [0.15, 0.2) is 0 Å². The number of carbonyl (C=O) groups is 1. The number of carboxylic acid groups (broad SMARTS) is 1. The minimum Gasteiger partial charge on any atom is -0.481 e. The number of benzene rings is 2. The van der Waals surface area contributed by atoms with E-state index in [1.54, 1.807) is 11.3 Å². The molecule has 21 heavy (non-hydrogen) atoms. The van der Waals surface area contributed by atoms with Crippen LogP contribution in [0.2, 0.25) is 0 Å². The van der Waals surface area contributed by atoms with Gasteiger partial charge in [-0.1, -0.05) is 36.4 Å². The molecule has 3 nitrogen and oxygen atoms in total. The molecule has 0 saturated carbocycles. The number of carboxylic acids is 1. The molecule has 0 atom stereocenters. The van der Waals surface area contributed by atoms with Gasteiger partial charge in [-0.25, -0.2) is 4.98 Å². The Morgan fingerprint density at radius 3 is 2.67 bits per heavy atom. The van der Waals surface area contributed by atoms with Crippen LogP contribution in [0.15, 0.2) is 48.5 Å². The second kappa shape index (κ2) is 6.06. The van der Waals surface area contributed by atoms with E-state index < -0.39 is 5.97 Å². The molecule has 1 N–H and O–H groups in total. The summed E-state index contributed by atoms with van der Waals surface area (Å²) in [5.41, 5.74) is 3.29. The van der Waals surface area contributed by atoms with E-state index in [0.717, 1.165) is 28.1 Å². The van der Waals surface area contributed by atoms with E-state index in [4.69, 9.17) is 5.11 Å². The molecular formula is C17H15NO2S. The number of aromatic nitrogens is 1. The highest BCUT2D eigenvalue weighted by Gasteiger charge is 2.10. The second-order valence-corrected chi connectivity index (χ2v) is 5.92. The van der Waals surface area contributed by atoms with E-state index in [1.807, 2.05) is 30.3 Å². The molecule has 0 saturated heterocycles. The number of hydrogen-bond donors (Lipinski definition) is 1. The Morgan fingerprint density at radius 1 is 1.10 bits per heavy atom. The summed E-state index contributed by atoms with van der Waals surface area (Å²) in [4.78, 5) is 15.3. The number of aryl methyl sites for hydroxylation is 1. The summed E-state index contributed by atoms with van der Waals surface area (Å²) < 4.78 is 1.17. The zero-order chi connectivity index (χ0) is 14.7. The van der Waals surface area contributed by atoms with Gasteiger partial charge in [0, 0.05) is 12.0 Å². The zero-order valence-electron chi connectivity index (χ0n) is 11.5. The molecule has 0 radical (unpaired) electrons. The van der Waals surface area contributed by atoms with Crippen LogP contribution in [0, 0.1) is 0 Å². The largest absolute Gasteiger partial charge is 0.481 e. The number of fused-ring (bicyclic) bond motifs is 1. The van der Waals surface area contributed by atoms with Gasteiger partial charge in [0.05, 0.1) is 10.2 Å². The fourth-order valence-corrected chi connectivity index (χ4v) is 3.39. The maximum Gasteiger partial charge on any atom is 0.303 e. The molecule has 0 unspecified atom stereocenters. The summed E-state index contributed by atoms with van der Waals surface area (Å²) in [6, 6.07) is 16.2. The van der Waals surface area contributed by atoms with E-state index in [0.29, 0.717) is 6.42 Å². The van der Waals surface area contributed by atoms with Gasteiger partial charge in [-0.15, -0.1) is 11.3 Å². The highest BCUT2D eigenvalue weighted by molar-refractivity contribution is 7.21. The van der Waals surface area contributed by atoms with Crippen molar-refractivity contribution in [3.63, 3.8) is 0 Å². The van der Waals surface area contributed by atoms with Crippen molar-refractivity contribution in [1.29, 1.82) is 0 Å². The first-order valence-electron chi connectivity index (χ1n) is 6.90. The maximum atomic E-state index is 10.7. The lowest BCUT2D eigenvalue weighted by Gasteiger charge is -2.06. The third-order valence-electron chi connectivity index (χ3n) is 3.38. The lowest BCUT2D eigenvalue weighted by Crippen LogP contribution is -1.97. The molecule has 0 spiro atoms. The smallest absolute Gasteiger partial charge is 0.303 e. The SMILES string of the molecule is O=C(O)CCCc1ccccc1-c1nc2ccccc2s1. The number of para-hydroxylation sites is 1. The molecule has 0 aliphatic rings. The molecule has 4 heteroatoms. The van der Waals surface area contributed by atoms with Crippen LogP contribution in [-0.2, 0) is 11.2 Å². The molecule has 3 rings (SSSR count). The summed E-state index contributed by atoms with van der Waals surface area (Å²) in [7, 11) is 0. The van der Waals surface area contributed by atoms with Crippen LogP contribution >= 0.6 is 11.3 Å². The molecule has 1 heterocycles. The van der Waals surface area contributed by atoms with Crippen LogP contribution in [0.1, 0.15) is 18.4 Å². The third-order valence-corrected chi connectivity index (χ3v) is 4.45. The van der Waals surface area contributed by atoms with Crippen LogP contribution in [0.5, 0.6) is 0 Å². The highest BCUT2D eigenvalue weighted by Crippen LogP contribution is 2.32. The molecule has 106 valence electrons. The molecule has 2 aromatic carbocycles. The number of nitrogens with zero attached hydrogens (tertiary/aromatic N) is 1. The van der Waals surface area contributed by atoms with E-state index in [9.17, 15) is 4.79 Å². The molecule has 3 aromatic rings. The normalized spacial score (nSPS) is 10.9. The standard InChI is InChI=1S/C17H15NO2S/c19-16(20)11-5-7-12-6-1-2-8-13(12)17-18-14-9-3-4-10-15(14)21-17/h1-4,6,8-10H,5,7,11H2,(H,19,20). The predicted molar refractivity (Wildman–Crippen MR) is 85.6 cm³/mol. The molecule has 0 aliphatic heterocycles. The monoisotopic (exact) mass is 297 g/mol. The number of aliphatic carboxylic acids is 1. The minimum atomic E-state index is -0.743. The minimum absolute atomic E-state index is 0.203. The summed E-state index contributed by atoms with van der Waals surface area (Å²) in [6.07, 6.45) is 1.61. The lowest BCUT2D eigenvalue weighted by atomic mass is 10.0. The molecule has 0 bridgehead atoms. The number of hydrogen-bond acceptors (Lipinski definition) is 3. The van der Waals surface area contributed by atoms with Crippen molar-refractivity contribution in [1.82, 2.24) is 4.98 Å². The summed E-state index contributed by atoms with van der Waals surface area (Å²) in [5.74, 6) is -0.743. The Balaban J connectivity index is 1.92. The van der Waals surface area contributed by atoms with Gasteiger partial charge in [-0.05, 0) is 30.5 Å². The van der Waals surface area contributed by atoms with E-state index in [2.05, 4.69) is 23.2 Å². The van der Waals surface area contributed by atoms with Gasteiger partial charge < -0.3 is 5.11 Å². The summed E-state index contributed by atoms with van der Waals surface area (Å²) in [5, 5.41) is 9.76. The zero-order valence-corrected chi connectivity index (χ0v) is 12.3. The Morgan fingerprint density at radius 2 is 1.86 bits per heavy atom. The van der Waals surface area contributed by atoms with Gasteiger partial charge in [0.25, 0.3) is 0 Å². The van der Waals surface area contributed by atoms with E-state index in [-0.39, 0.29) is 6.42 Å². The first kappa shape index (κ1) is 13.8. The van der Waals surface area contributed by atoms with Crippen molar-refractivity contribution in [3.8, 4) is 10.6 Å². The number of rotatable bonds is 5. The topological polar surface area (TPSA) is 50.2 Å². The summed E-state index contributed by atoms with van der Waals surface area (Å²) in [6.45, 7) is 0. The van der Waals surface area contributed by atoms with Crippen LogP contribution in [-0.4, -0.2) is 16.1 Å². The second-order valence-electron chi connectivity index (χ2n) is 4.89. The highest BCUT2D eigenvalue weighted by atomic mass is 32.1. The van der Waals surface area contributed by atoms with Crippen LogP contribution < -0.4 is 0 Å². The quantitative estimate of drug-likeness (QED) is 0.760. The molecule has 0 amide bonds. The fraction of sp³-hybridized carbons (Fsp3) is 0.176. The Kier molecular flexibility index (Phi) is 3.97. The Hall–Kier alpha value is -2.20. The first-order chi connectivity index (χ1) is 10.2. The van der Waals surface area contributed by atoms with Gasteiger partial charge >= 0.3 is 5.97 Å². The predicted octanol–water partition coefficient (Wildman–Crippen LogP) is 4.37. The Labute approximate surface area is 126 Å². The first-order valence-corrected chi connectivity index (χ1v) is 7.71. The molecular weight excluding hydrogens is 282 g/mol. The van der Waals surface area contributed by atoms with Gasteiger partial charge in [0.1, 0.15) is 5.01 Å². The number of thiazole rings is 1. The maximum absolute atomic E-state index is 10.7. The average Bonchev–Trinajstić information content (AvgIpc) is 2.91. The molecule has 0 aliphatic carbocycles. The van der Waals surface area contributed by atoms with Crippen molar-refractivity contribution in [2.45, 2.75) is 19.3 Å². The van der Waals surface area contributed by atoms with Crippen molar-refractivity contribution in [2.75, 3.05) is 0 Å². The van der Waals surface area contributed by atoms with E-state index in [1.165, 1.54) is 4.70 Å².